The smallest absolute Gasteiger partial charge is 0.337 e. The summed E-state index contributed by atoms with van der Waals surface area (Å²) in [6.45, 7) is 2.96. The van der Waals surface area contributed by atoms with E-state index in [1.165, 1.54) is 32.4 Å². The normalized spacial score (nSPS) is 10.1. The van der Waals surface area contributed by atoms with Crippen LogP contribution in [0.25, 0.3) is 0 Å². The standard InChI is InChI=1S/C14H21NO3/c1-3-4-5-6-9-15-12-10-11(14(17)18-2)7-8-13(12)16/h7-8,10,15-16H,3-6,9H2,1-2H3. The molecule has 0 saturated carbocycles. The van der Waals surface area contributed by atoms with Gasteiger partial charge in [0.1, 0.15) is 5.75 Å². The van der Waals surface area contributed by atoms with Gasteiger partial charge in [0, 0.05) is 6.54 Å². The van der Waals surface area contributed by atoms with Crippen LogP contribution in [0.15, 0.2) is 18.2 Å². The van der Waals surface area contributed by atoms with Gasteiger partial charge in [0.2, 0.25) is 0 Å². The predicted molar refractivity (Wildman–Crippen MR) is 72.1 cm³/mol. The molecule has 0 aliphatic carbocycles. The summed E-state index contributed by atoms with van der Waals surface area (Å²) in [5.41, 5.74) is 1.01. The number of nitrogens with one attached hydrogen (secondary N) is 1. The van der Waals surface area contributed by atoms with Crippen LogP contribution in [0.3, 0.4) is 0 Å². The fourth-order valence-corrected chi connectivity index (χ4v) is 1.70. The maximum absolute atomic E-state index is 11.4. The average Bonchev–Trinajstić information content (AvgIpc) is 2.39. The van der Waals surface area contributed by atoms with Crippen LogP contribution >= 0.6 is 0 Å². The van der Waals surface area contributed by atoms with Crippen molar-refractivity contribution in [1.82, 2.24) is 0 Å². The Labute approximate surface area is 108 Å². The highest BCUT2D eigenvalue weighted by Crippen LogP contribution is 2.24. The largest absolute Gasteiger partial charge is 0.506 e. The Bertz CT molecular complexity index is 391. The Morgan fingerprint density at radius 2 is 2.11 bits per heavy atom. The lowest BCUT2D eigenvalue weighted by Crippen LogP contribution is -2.05. The van der Waals surface area contributed by atoms with Gasteiger partial charge >= 0.3 is 5.97 Å². The van der Waals surface area contributed by atoms with E-state index < -0.39 is 5.97 Å². The first-order valence-electron chi connectivity index (χ1n) is 6.34. The molecule has 4 nitrogen and oxygen atoms in total. The summed E-state index contributed by atoms with van der Waals surface area (Å²) in [5.74, 6) is -0.248. The molecule has 1 rings (SSSR count). The Balaban J connectivity index is 2.56. The van der Waals surface area contributed by atoms with E-state index >= 15 is 0 Å². The Morgan fingerprint density at radius 1 is 1.33 bits per heavy atom. The number of anilines is 1. The third-order valence-electron chi connectivity index (χ3n) is 2.76. The molecule has 0 fully saturated rings. The molecule has 2 N–H and O–H groups in total. The summed E-state index contributed by atoms with van der Waals surface area (Å²) in [4.78, 5) is 11.4. The maximum Gasteiger partial charge on any atom is 0.337 e. The second-order valence-corrected chi connectivity index (χ2v) is 4.21. The lowest BCUT2D eigenvalue weighted by molar-refractivity contribution is 0.0601. The third-order valence-corrected chi connectivity index (χ3v) is 2.76. The molecule has 1 aromatic rings. The van der Waals surface area contributed by atoms with Gasteiger partial charge in [-0.05, 0) is 24.6 Å². The molecule has 0 saturated heterocycles. The van der Waals surface area contributed by atoms with E-state index in [1.54, 1.807) is 12.1 Å². The van der Waals surface area contributed by atoms with Crippen molar-refractivity contribution < 1.29 is 14.6 Å². The summed E-state index contributed by atoms with van der Waals surface area (Å²) in [6.07, 6.45) is 4.63. The fourth-order valence-electron chi connectivity index (χ4n) is 1.70. The first kappa shape index (κ1) is 14.4. The quantitative estimate of drug-likeness (QED) is 0.444. The van der Waals surface area contributed by atoms with Crippen molar-refractivity contribution in [2.24, 2.45) is 0 Å². The minimum Gasteiger partial charge on any atom is -0.506 e. The zero-order valence-electron chi connectivity index (χ0n) is 11.0. The van der Waals surface area contributed by atoms with Gasteiger partial charge in [-0.2, -0.15) is 0 Å². The highest BCUT2D eigenvalue weighted by atomic mass is 16.5. The molecule has 100 valence electrons. The van der Waals surface area contributed by atoms with Gasteiger partial charge in [0.15, 0.2) is 0 Å². The number of carbonyl (C=O) groups excluding carboxylic acids is 1. The fraction of sp³-hybridized carbons (Fsp3) is 0.500. The topological polar surface area (TPSA) is 58.6 Å². The number of hydrogen-bond donors (Lipinski definition) is 2. The average molecular weight is 251 g/mol. The zero-order chi connectivity index (χ0) is 13.4. The number of rotatable bonds is 7. The summed E-state index contributed by atoms with van der Waals surface area (Å²) in [5, 5.41) is 12.8. The Hall–Kier alpha value is -1.71. The minimum atomic E-state index is -0.399. The van der Waals surface area contributed by atoms with E-state index in [1.807, 2.05) is 0 Å². The highest BCUT2D eigenvalue weighted by molar-refractivity contribution is 5.91. The van der Waals surface area contributed by atoms with E-state index in [0.29, 0.717) is 11.3 Å². The van der Waals surface area contributed by atoms with Gasteiger partial charge in [-0.25, -0.2) is 4.79 Å². The van der Waals surface area contributed by atoms with Gasteiger partial charge in [-0.15, -0.1) is 0 Å². The zero-order valence-corrected chi connectivity index (χ0v) is 11.0. The maximum atomic E-state index is 11.4. The van der Waals surface area contributed by atoms with Crippen molar-refractivity contribution in [2.45, 2.75) is 32.6 Å². The van der Waals surface area contributed by atoms with Crippen molar-refractivity contribution in [3.63, 3.8) is 0 Å². The van der Waals surface area contributed by atoms with Crippen LogP contribution in [0.4, 0.5) is 5.69 Å². The first-order valence-corrected chi connectivity index (χ1v) is 6.34. The van der Waals surface area contributed by atoms with Gasteiger partial charge < -0.3 is 15.2 Å². The van der Waals surface area contributed by atoms with Crippen LogP contribution < -0.4 is 5.32 Å². The molecule has 0 unspecified atom stereocenters. The predicted octanol–water partition coefficient (Wildman–Crippen LogP) is 3.17. The molecule has 18 heavy (non-hydrogen) atoms. The summed E-state index contributed by atoms with van der Waals surface area (Å²) < 4.78 is 4.64. The summed E-state index contributed by atoms with van der Waals surface area (Å²) in [7, 11) is 1.34. The molecular formula is C14H21NO3. The number of esters is 1. The number of phenols is 1. The van der Waals surface area contributed by atoms with E-state index in [2.05, 4.69) is 17.0 Å². The number of ether oxygens (including phenoxy) is 1. The molecule has 0 aliphatic heterocycles. The van der Waals surface area contributed by atoms with Crippen molar-refractivity contribution in [2.75, 3.05) is 19.0 Å². The SMILES string of the molecule is CCCCCCNc1cc(C(=O)OC)ccc1O. The number of carbonyl (C=O) groups is 1. The molecule has 0 bridgehead atoms. The second-order valence-electron chi connectivity index (χ2n) is 4.21. The number of unbranched alkanes of at least 4 members (excludes halogenated alkanes) is 3. The second kappa shape index (κ2) is 7.58. The van der Waals surface area contributed by atoms with Crippen LogP contribution in [-0.2, 0) is 4.74 Å². The van der Waals surface area contributed by atoms with Crippen LogP contribution in [0.1, 0.15) is 43.0 Å². The van der Waals surface area contributed by atoms with Crippen molar-refractivity contribution in [3.8, 4) is 5.75 Å². The van der Waals surface area contributed by atoms with Crippen molar-refractivity contribution in [1.29, 1.82) is 0 Å². The molecule has 0 aromatic heterocycles. The van der Waals surface area contributed by atoms with Crippen LogP contribution in [0.5, 0.6) is 5.75 Å². The summed E-state index contributed by atoms with van der Waals surface area (Å²) in [6, 6.07) is 4.66. The highest BCUT2D eigenvalue weighted by Gasteiger charge is 2.08. The Morgan fingerprint density at radius 3 is 2.78 bits per heavy atom. The van der Waals surface area contributed by atoms with Gasteiger partial charge in [-0.3, -0.25) is 0 Å². The van der Waals surface area contributed by atoms with E-state index in [4.69, 9.17) is 0 Å². The molecule has 0 amide bonds. The molecule has 0 heterocycles. The number of benzene rings is 1. The van der Waals surface area contributed by atoms with Crippen molar-refractivity contribution in [3.05, 3.63) is 23.8 Å². The van der Waals surface area contributed by atoms with E-state index in [9.17, 15) is 9.90 Å². The lowest BCUT2D eigenvalue weighted by atomic mass is 10.1. The van der Waals surface area contributed by atoms with Gasteiger partial charge in [-0.1, -0.05) is 26.2 Å². The van der Waals surface area contributed by atoms with E-state index in [-0.39, 0.29) is 5.75 Å². The lowest BCUT2D eigenvalue weighted by Gasteiger charge is -2.09. The number of methoxy groups -OCH3 is 1. The van der Waals surface area contributed by atoms with Gasteiger partial charge in [0.25, 0.3) is 0 Å². The molecule has 1 aromatic carbocycles. The molecule has 0 radical (unpaired) electrons. The Kier molecular flexibility index (Phi) is 6.05. The monoisotopic (exact) mass is 251 g/mol. The van der Waals surface area contributed by atoms with E-state index in [0.717, 1.165) is 13.0 Å². The molecule has 4 heteroatoms. The number of aromatic hydroxyl groups is 1. The molecule has 0 spiro atoms. The summed E-state index contributed by atoms with van der Waals surface area (Å²) >= 11 is 0. The van der Waals surface area contributed by atoms with Crippen LogP contribution in [0.2, 0.25) is 0 Å². The van der Waals surface area contributed by atoms with Gasteiger partial charge in [0.05, 0.1) is 18.4 Å². The molecule has 0 aliphatic rings. The van der Waals surface area contributed by atoms with Crippen LogP contribution in [-0.4, -0.2) is 24.7 Å². The third kappa shape index (κ3) is 4.28. The number of phenolic OH excluding ortho intramolecular Hbond substituents is 1. The molecular weight excluding hydrogens is 230 g/mol. The number of hydrogen-bond acceptors (Lipinski definition) is 4. The molecule has 0 atom stereocenters. The first-order chi connectivity index (χ1) is 8.69. The van der Waals surface area contributed by atoms with Crippen LogP contribution in [0, 0.1) is 0 Å². The minimum absolute atomic E-state index is 0.151. The van der Waals surface area contributed by atoms with Crippen molar-refractivity contribution >= 4 is 11.7 Å².